The lowest BCUT2D eigenvalue weighted by Crippen LogP contribution is -2.48. The molecule has 3 rings (SSSR count). The van der Waals surface area contributed by atoms with Crippen LogP contribution in [0, 0.1) is 12.7 Å². The predicted octanol–water partition coefficient (Wildman–Crippen LogP) is 2.80. The molecule has 0 aliphatic carbocycles. The first-order valence-corrected chi connectivity index (χ1v) is 7.64. The Balaban J connectivity index is 1.66. The van der Waals surface area contributed by atoms with Gasteiger partial charge in [-0.2, -0.15) is 0 Å². The molecule has 1 amide bonds. The molecule has 120 valence electrons. The largest absolute Gasteiger partial charge is 0.507 e. The van der Waals surface area contributed by atoms with Crippen LogP contribution < -0.4 is 4.90 Å². The van der Waals surface area contributed by atoms with Gasteiger partial charge in [0.1, 0.15) is 11.6 Å². The van der Waals surface area contributed by atoms with Gasteiger partial charge in [0.2, 0.25) is 0 Å². The summed E-state index contributed by atoms with van der Waals surface area (Å²) in [5.74, 6) is -0.380. The van der Waals surface area contributed by atoms with E-state index in [1.54, 1.807) is 29.2 Å². The van der Waals surface area contributed by atoms with E-state index in [0.717, 1.165) is 11.3 Å². The van der Waals surface area contributed by atoms with Crippen molar-refractivity contribution < 1.29 is 14.3 Å². The van der Waals surface area contributed by atoms with Crippen molar-refractivity contribution >= 4 is 11.6 Å². The van der Waals surface area contributed by atoms with Gasteiger partial charge in [0, 0.05) is 31.9 Å². The number of anilines is 1. The number of phenols is 1. The second kappa shape index (κ2) is 6.28. The molecular formula is C18H19FN2O2. The van der Waals surface area contributed by atoms with Gasteiger partial charge >= 0.3 is 0 Å². The van der Waals surface area contributed by atoms with Crippen molar-refractivity contribution in [1.29, 1.82) is 0 Å². The van der Waals surface area contributed by atoms with Crippen LogP contribution in [-0.4, -0.2) is 42.1 Å². The molecule has 23 heavy (non-hydrogen) atoms. The number of hydrogen-bond acceptors (Lipinski definition) is 3. The minimum Gasteiger partial charge on any atom is -0.507 e. The average Bonchev–Trinajstić information content (AvgIpc) is 2.55. The van der Waals surface area contributed by atoms with Crippen molar-refractivity contribution in [3.8, 4) is 5.75 Å². The number of nitrogens with zero attached hydrogens (tertiary/aromatic N) is 2. The number of aromatic hydroxyl groups is 1. The van der Waals surface area contributed by atoms with Crippen LogP contribution in [0.25, 0.3) is 0 Å². The standard InChI is InChI=1S/C18H19FN2O2/c1-13-2-7-16(17(22)12-13)18(23)21-10-8-20(9-11-21)15-5-3-14(19)4-6-15/h2-7,12,22H,8-11H2,1H3. The maximum absolute atomic E-state index is 13.0. The number of piperazine rings is 1. The maximum atomic E-state index is 13.0. The fourth-order valence-corrected chi connectivity index (χ4v) is 2.81. The van der Waals surface area contributed by atoms with E-state index in [1.165, 1.54) is 12.1 Å². The number of hydrogen-bond donors (Lipinski definition) is 1. The number of carbonyl (C=O) groups excluding carboxylic acids is 1. The molecule has 5 heteroatoms. The SMILES string of the molecule is Cc1ccc(C(=O)N2CCN(c3ccc(F)cc3)CC2)c(O)c1. The van der Waals surface area contributed by atoms with Gasteiger partial charge in [-0.15, -0.1) is 0 Å². The van der Waals surface area contributed by atoms with Gasteiger partial charge in [-0.3, -0.25) is 4.79 Å². The third-order valence-electron chi connectivity index (χ3n) is 4.14. The molecule has 1 fully saturated rings. The molecule has 1 aliphatic rings. The number of phenolic OH excluding ortho intramolecular Hbond substituents is 1. The highest BCUT2D eigenvalue weighted by atomic mass is 19.1. The molecule has 1 aliphatic heterocycles. The molecule has 0 unspecified atom stereocenters. The second-order valence-corrected chi connectivity index (χ2v) is 5.78. The number of benzene rings is 2. The smallest absolute Gasteiger partial charge is 0.257 e. The van der Waals surface area contributed by atoms with Crippen molar-refractivity contribution in [2.24, 2.45) is 0 Å². The second-order valence-electron chi connectivity index (χ2n) is 5.78. The summed E-state index contributed by atoms with van der Waals surface area (Å²) < 4.78 is 13.0. The van der Waals surface area contributed by atoms with Crippen LogP contribution in [0.15, 0.2) is 42.5 Å². The predicted molar refractivity (Wildman–Crippen MR) is 87.4 cm³/mol. The third kappa shape index (κ3) is 3.28. The highest BCUT2D eigenvalue weighted by Gasteiger charge is 2.24. The normalized spacial score (nSPS) is 14.9. The lowest BCUT2D eigenvalue weighted by Gasteiger charge is -2.36. The van der Waals surface area contributed by atoms with Crippen LogP contribution in [-0.2, 0) is 0 Å². The Morgan fingerprint density at radius 3 is 2.30 bits per heavy atom. The van der Waals surface area contributed by atoms with Gasteiger partial charge < -0.3 is 14.9 Å². The molecule has 0 spiro atoms. The van der Waals surface area contributed by atoms with Gasteiger partial charge in [-0.05, 0) is 48.9 Å². The van der Waals surface area contributed by atoms with Crippen LogP contribution in [0.3, 0.4) is 0 Å². The van der Waals surface area contributed by atoms with E-state index < -0.39 is 0 Å². The van der Waals surface area contributed by atoms with Gasteiger partial charge in [-0.1, -0.05) is 6.07 Å². The molecule has 0 atom stereocenters. The van der Waals surface area contributed by atoms with E-state index in [2.05, 4.69) is 4.90 Å². The van der Waals surface area contributed by atoms with E-state index in [4.69, 9.17) is 0 Å². The van der Waals surface area contributed by atoms with Crippen molar-refractivity contribution in [2.45, 2.75) is 6.92 Å². The van der Waals surface area contributed by atoms with Crippen molar-refractivity contribution in [3.63, 3.8) is 0 Å². The molecule has 1 saturated heterocycles. The first-order chi connectivity index (χ1) is 11.0. The Labute approximate surface area is 134 Å². The van der Waals surface area contributed by atoms with E-state index in [1.807, 2.05) is 13.0 Å². The fraction of sp³-hybridized carbons (Fsp3) is 0.278. The number of halogens is 1. The van der Waals surface area contributed by atoms with Crippen molar-refractivity contribution in [3.05, 3.63) is 59.4 Å². The summed E-state index contributed by atoms with van der Waals surface area (Å²) in [7, 11) is 0. The fourth-order valence-electron chi connectivity index (χ4n) is 2.81. The van der Waals surface area contributed by atoms with E-state index in [0.29, 0.717) is 31.7 Å². The molecule has 1 heterocycles. The Bertz CT molecular complexity index is 707. The summed E-state index contributed by atoms with van der Waals surface area (Å²) in [5, 5.41) is 9.95. The Hall–Kier alpha value is -2.56. The summed E-state index contributed by atoms with van der Waals surface area (Å²) in [4.78, 5) is 16.4. The van der Waals surface area contributed by atoms with Crippen LogP contribution in [0.4, 0.5) is 10.1 Å². The van der Waals surface area contributed by atoms with Gasteiger partial charge in [0.25, 0.3) is 5.91 Å². The lowest BCUT2D eigenvalue weighted by atomic mass is 10.1. The number of rotatable bonds is 2. The first kappa shape index (κ1) is 15.3. The average molecular weight is 314 g/mol. The summed E-state index contributed by atoms with van der Waals surface area (Å²) in [6, 6.07) is 11.5. The maximum Gasteiger partial charge on any atom is 0.257 e. The van der Waals surface area contributed by atoms with Gasteiger partial charge in [0.15, 0.2) is 0 Å². The molecule has 0 bridgehead atoms. The summed E-state index contributed by atoms with van der Waals surface area (Å²) >= 11 is 0. The lowest BCUT2D eigenvalue weighted by molar-refractivity contribution is 0.0744. The number of carbonyl (C=O) groups is 1. The summed E-state index contributed by atoms with van der Waals surface area (Å²) in [6.07, 6.45) is 0. The molecule has 0 saturated carbocycles. The van der Waals surface area contributed by atoms with E-state index in [-0.39, 0.29) is 17.5 Å². The van der Waals surface area contributed by atoms with Crippen molar-refractivity contribution in [2.75, 3.05) is 31.1 Å². The highest BCUT2D eigenvalue weighted by Crippen LogP contribution is 2.22. The molecule has 2 aromatic rings. The minimum absolute atomic E-state index is 0.0240. The monoisotopic (exact) mass is 314 g/mol. The minimum atomic E-state index is -0.252. The van der Waals surface area contributed by atoms with E-state index in [9.17, 15) is 14.3 Å². The molecule has 0 aromatic heterocycles. The Morgan fingerprint density at radius 2 is 1.70 bits per heavy atom. The molecule has 4 nitrogen and oxygen atoms in total. The highest BCUT2D eigenvalue weighted by molar-refractivity contribution is 5.97. The zero-order valence-corrected chi connectivity index (χ0v) is 13.0. The molecule has 2 aromatic carbocycles. The third-order valence-corrected chi connectivity index (χ3v) is 4.14. The van der Waals surface area contributed by atoms with Crippen molar-refractivity contribution in [1.82, 2.24) is 4.90 Å². The van der Waals surface area contributed by atoms with Gasteiger partial charge in [-0.25, -0.2) is 4.39 Å². The topological polar surface area (TPSA) is 43.8 Å². The molecule has 1 N–H and O–H groups in total. The van der Waals surface area contributed by atoms with E-state index >= 15 is 0 Å². The summed E-state index contributed by atoms with van der Waals surface area (Å²) in [5.41, 5.74) is 2.21. The first-order valence-electron chi connectivity index (χ1n) is 7.64. The number of aryl methyl sites for hydroxylation is 1. The summed E-state index contributed by atoms with van der Waals surface area (Å²) in [6.45, 7) is 4.39. The van der Waals surface area contributed by atoms with Crippen LogP contribution in [0.1, 0.15) is 15.9 Å². The Morgan fingerprint density at radius 1 is 1.04 bits per heavy atom. The quantitative estimate of drug-likeness (QED) is 0.927. The van der Waals surface area contributed by atoms with Crippen LogP contribution in [0.5, 0.6) is 5.75 Å². The van der Waals surface area contributed by atoms with Crippen LogP contribution >= 0.6 is 0 Å². The molecular weight excluding hydrogens is 295 g/mol. The number of amides is 1. The van der Waals surface area contributed by atoms with Gasteiger partial charge in [0.05, 0.1) is 5.56 Å². The Kier molecular flexibility index (Phi) is 4.19. The molecule has 0 radical (unpaired) electrons. The zero-order chi connectivity index (χ0) is 16.4. The zero-order valence-electron chi connectivity index (χ0n) is 13.0. The van der Waals surface area contributed by atoms with Crippen LogP contribution in [0.2, 0.25) is 0 Å².